The van der Waals surface area contributed by atoms with Crippen LogP contribution in [0.2, 0.25) is 0 Å². The maximum Gasteiger partial charge on any atom is 0.493 e. The van der Waals surface area contributed by atoms with Crippen LogP contribution in [0, 0.1) is 6.92 Å². The molecular weight excluding hydrogens is 299 g/mol. The number of hydrogen-bond acceptors (Lipinski definition) is 3. The number of unbranched alkanes of at least 4 members (excludes halogenated alkanes) is 1. The van der Waals surface area contributed by atoms with E-state index in [1.807, 2.05) is 12.1 Å². The second kappa shape index (κ2) is 8.36. The van der Waals surface area contributed by atoms with Gasteiger partial charge in [-0.1, -0.05) is 55.3 Å². The molecule has 0 radical (unpaired) electrons. The molecule has 2 aromatic carbocycles. The number of ether oxygens (including phenoxy) is 1. The van der Waals surface area contributed by atoms with Crippen LogP contribution >= 0.6 is 0 Å². The van der Waals surface area contributed by atoms with Crippen molar-refractivity contribution in [3.8, 4) is 5.75 Å². The molecule has 1 aliphatic heterocycles. The van der Waals surface area contributed by atoms with E-state index < -0.39 is 0 Å². The van der Waals surface area contributed by atoms with Crippen LogP contribution < -0.4 is 10.2 Å². The van der Waals surface area contributed by atoms with E-state index in [4.69, 9.17) is 14.0 Å². The molecule has 0 unspecified atom stereocenters. The van der Waals surface area contributed by atoms with E-state index in [0.717, 1.165) is 30.7 Å². The number of rotatable bonds is 6. The molecule has 24 heavy (non-hydrogen) atoms. The number of benzene rings is 2. The molecule has 0 saturated carbocycles. The fourth-order valence-corrected chi connectivity index (χ4v) is 2.78. The number of aryl methyl sites for hydroxylation is 1. The maximum absolute atomic E-state index is 5.93. The first kappa shape index (κ1) is 17.1. The van der Waals surface area contributed by atoms with Gasteiger partial charge in [0.2, 0.25) is 0 Å². The smallest absolute Gasteiger partial charge is 0.493 e. The third kappa shape index (κ3) is 4.40. The average molecular weight is 324 g/mol. The van der Waals surface area contributed by atoms with Gasteiger partial charge in [0.25, 0.3) is 0 Å². The summed E-state index contributed by atoms with van der Waals surface area (Å²) in [5.74, 6) is 1.21. The summed E-state index contributed by atoms with van der Waals surface area (Å²) < 4.78 is 17.6. The highest BCUT2D eigenvalue weighted by atomic mass is 16.6. The summed E-state index contributed by atoms with van der Waals surface area (Å²) in [5, 5.41) is 0. The summed E-state index contributed by atoms with van der Waals surface area (Å²) in [4.78, 5) is 0. The van der Waals surface area contributed by atoms with Gasteiger partial charge in [0.15, 0.2) is 0 Å². The van der Waals surface area contributed by atoms with Gasteiger partial charge in [-0.05, 0) is 36.5 Å². The van der Waals surface area contributed by atoms with Gasteiger partial charge in [0.1, 0.15) is 5.75 Å². The molecule has 1 fully saturated rings. The van der Waals surface area contributed by atoms with Crippen molar-refractivity contribution >= 4 is 12.6 Å². The van der Waals surface area contributed by atoms with Crippen LogP contribution in [-0.2, 0) is 9.31 Å². The molecule has 0 spiro atoms. The first-order chi connectivity index (χ1) is 11.8. The van der Waals surface area contributed by atoms with Crippen LogP contribution in [-0.4, -0.2) is 26.9 Å². The van der Waals surface area contributed by atoms with Crippen LogP contribution in [0.3, 0.4) is 0 Å². The Kier molecular flexibility index (Phi) is 5.94. The Bertz CT molecular complexity index is 616. The van der Waals surface area contributed by atoms with Gasteiger partial charge in [-0.3, -0.25) is 0 Å². The van der Waals surface area contributed by atoms with Gasteiger partial charge >= 0.3 is 7.12 Å². The molecule has 0 aromatic heterocycles. The van der Waals surface area contributed by atoms with E-state index >= 15 is 0 Å². The number of hydrogen-bond donors (Lipinski definition) is 0. The summed E-state index contributed by atoms with van der Waals surface area (Å²) in [7, 11) is -0.251. The first-order valence-electron chi connectivity index (χ1n) is 8.79. The topological polar surface area (TPSA) is 27.7 Å². The molecule has 0 bridgehead atoms. The third-order valence-electron chi connectivity index (χ3n) is 4.37. The van der Waals surface area contributed by atoms with Gasteiger partial charge in [0, 0.05) is 19.1 Å². The molecular formula is C20H25BO3. The monoisotopic (exact) mass is 324 g/mol. The van der Waals surface area contributed by atoms with Gasteiger partial charge in [-0.15, -0.1) is 0 Å². The zero-order valence-corrected chi connectivity index (χ0v) is 14.5. The van der Waals surface area contributed by atoms with Crippen molar-refractivity contribution in [2.24, 2.45) is 0 Å². The van der Waals surface area contributed by atoms with Crippen molar-refractivity contribution in [3.63, 3.8) is 0 Å². The second-order valence-corrected chi connectivity index (χ2v) is 6.38. The molecule has 0 amide bonds. The third-order valence-corrected chi connectivity index (χ3v) is 4.37. The molecule has 1 saturated heterocycles. The van der Waals surface area contributed by atoms with E-state index in [1.165, 1.54) is 11.1 Å². The lowest BCUT2D eigenvalue weighted by Gasteiger charge is -2.28. The summed E-state index contributed by atoms with van der Waals surface area (Å²) in [6.07, 6.45) is 2.24. The van der Waals surface area contributed by atoms with E-state index in [2.05, 4.69) is 50.2 Å². The van der Waals surface area contributed by atoms with Gasteiger partial charge < -0.3 is 14.0 Å². The lowest BCUT2D eigenvalue weighted by atomic mass is 9.77. The summed E-state index contributed by atoms with van der Waals surface area (Å²) in [6.45, 7) is 6.38. The lowest BCUT2D eigenvalue weighted by Crippen LogP contribution is -2.43. The second-order valence-electron chi connectivity index (χ2n) is 6.38. The summed E-state index contributed by atoms with van der Waals surface area (Å²) in [5.41, 5.74) is 3.56. The van der Waals surface area contributed by atoms with E-state index in [1.54, 1.807) is 0 Å². The Morgan fingerprint density at radius 3 is 2.29 bits per heavy atom. The van der Waals surface area contributed by atoms with E-state index in [0.29, 0.717) is 13.2 Å². The highest BCUT2D eigenvalue weighted by Crippen LogP contribution is 2.23. The normalized spacial score (nSPS) is 15.5. The Morgan fingerprint density at radius 1 is 1.00 bits per heavy atom. The van der Waals surface area contributed by atoms with Crippen LogP contribution in [0.5, 0.6) is 5.75 Å². The van der Waals surface area contributed by atoms with Crippen LogP contribution in [0.15, 0.2) is 48.5 Å². The fraction of sp³-hybridized carbons (Fsp3) is 0.400. The average Bonchev–Trinajstić information content (AvgIpc) is 2.63. The highest BCUT2D eigenvalue weighted by Gasteiger charge is 2.29. The van der Waals surface area contributed by atoms with Crippen LogP contribution in [0.1, 0.15) is 36.8 Å². The molecule has 4 heteroatoms. The molecule has 3 rings (SSSR count). The van der Waals surface area contributed by atoms with Crippen LogP contribution in [0.25, 0.3) is 0 Å². The molecule has 0 N–H and O–H groups in total. The largest absolute Gasteiger partial charge is 0.494 e. The van der Waals surface area contributed by atoms with Gasteiger partial charge in [0.05, 0.1) is 6.61 Å². The minimum Gasteiger partial charge on any atom is -0.494 e. The SMILES string of the molecule is CCCCOc1ccc(C2COB(c3ccc(C)cc3)OC2)cc1. The van der Waals surface area contributed by atoms with Crippen molar-refractivity contribution in [2.75, 3.05) is 19.8 Å². The Hall–Kier alpha value is -1.78. The van der Waals surface area contributed by atoms with Crippen molar-refractivity contribution < 1.29 is 14.0 Å². The minimum absolute atomic E-state index is 0.251. The molecule has 126 valence electrons. The van der Waals surface area contributed by atoms with E-state index in [-0.39, 0.29) is 13.0 Å². The minimum atomic E-state index is -0.251. The Balaban J connectivity index is 1.53. The maximum atomic E-state index is 5.93. The zero-order chi connectivity index (χ0) is 16.8. The standard InChI is InChI=1S/C20H25BO3/c1-3-4-13-22-20-11-7-17(8-12-20)18-14-23-21(24-15-18)19-9-5-16(2)6-10-19/h5-12,18H,3-4,13-15H2,1-2H3. The van der Waals surface area contributed by atoms with Crippen molar-refractivity contribution in [3.05, 3.63) is 59.7 Å². The molecule has 3 nitrogen and oxygen atoms in total. The predicted octanol–water partition coefficient (Wildman–Crippen LogP) is 3.70. The van der Waals surface area contributed by atoms with Gasteiger partial charge in [-0.2, -0.15) is 0 Å². The van der Waals surface area contributed by atoms with E-state index in [9.17, 15) is 0 Å². The lowest BCUT2D eigenvalue weighted by molar-refractivity contribution is 0.121. The van der Waals surface area contributed by atoms with Crippen molar-refractivity contribution in [1.29, 1.82) is 0 Å². The molecule has 0 atom stereocenters. The predicted molar refractivity (Wildman–Crippen MR) is 98.1 cm³/mol. The molecule has 1 heterocycles. The first-order valence-corrected chi connectivity index (χ1v) is 8.79. The quantitative estimate of drug-likeness (QED) is 0.599. The van der Waals surface area contributed by atoms with Crippen molar-refractivity contribution in [1.82, 2.24) is 0 Å². The molecule has 1 aliphatic rings. The highest BCUT2D eigenvalue weighted by molar-refractivity contribution is 6.61. The van der Waals surface area contributed by atoms with Crippen LogP contribution in [0.4, 0.5) is 0 Å². The Morgan fingerprint density at radius 2 is 1.67 bits per heavy atom. The fourth-order valence-electron chi connectivity index (χ4n) is 2.78. The Labute approximate surface area is 145 Å². The van der Waals surface area contributed by atoms with Gasteiger partial charge in [-0.25, -0.2) is 0 Å². The summed E-state index contributed by atoms with van der Waals surface area (Å²) in [6, 6.07) is 16.6. The zero-order valence-electron chi connectivity index (χ0n) is 14.5. The molecule has 0 aliphatic carbocycles. The molecule has 2 aromatic rings. The van der Waals surface area contributed by atoms with Crippen molar-refractivity contribution in [2.45, 2.75) is 32.6 Å². The summed E-state index contributed by atoms with van der Waals surface area (Å²) >= 11 is 0.